The van der Waals surface area contributed by atoms with Crippen molar-refractivity contribution in [1.29, 1.82) is 0 Å². The number of nitrogen functional groups attached to an aromatic ring is 1. The van der Waals surface area contributed by atoms with Gasteiger partial charge < -0.3 is 14.8 Å². The molecule has 5 heteroatoms. The van der Waals surface area contributed by atoms with Crippen molar-refractivity contribution in [3.05, 3.63) is 30.0 Å². The zero-order chi connectivity index (χ0) is 12.0. The molecule has 17 heavy (non-hydrogen) atoms. The minimum Gasteiger partial charge on any atom is -0.399 e. The molecule has 0 spiro atoms. The van der Waals surface area contributed by atoms with E-state index in [2.05, 4.69) is 10.1 Å². The lowest BCUT2D eigenvalue weighted by Gasteiger charge is -1.98. The van der Waals surface area contributed by atoms with Gasteiger partial charge in [0.1, 0.15) is 0 Å². The first-order valence-electron chi connectivity index (χ1n) is 5.31. The Bertz CT molecular complexity index is 696. The van der Waals surface area contributed by atoms with E-state index >= 15 is 0 Å². The molecule has 0 aliphatic heterocycles. The van der Waals surface area contributed by atoms with E-state index < -0.39 is 0 Å². The molecule has 0 fully saturated rings. The van der Waals surface area contributed by atoms with E-state index in [1.807, 2.05) is 42.8 Å². The smallest absolute Gasteiger partial charge is 0.202 e. The van der Waals surface area contributed by atoms with E-state index in [0.717, 1.165) is 28.2 Å². The number of aromatic nitrogens is 3. The molecule has 86 valence electrons. The SMILES string of the molecule is Cc1cc(-c2nc3ccc(N)cc3n2C)on1. The lowest BCUT2D eigenvalue weighted by atomic mass is 10.3. The van der Waals surface area contributed by atoms with Gasteiger partial charge in [-0.15, -0.1) is 0 Å². The second-order valence-electron chi connectivity index (χ2n) is 4.08. The second kappa shape index (κ2) is 3.35. The van der Waals surface area contributed by atoms with Crippen molar-refractivity contribution in [2.75, 3.05) is 5.73 Å². The Hall–Kier alpha value is -2.30. The van der Waals surface area contributed by atoms with Crippen molar-refractivity contribution < 1.29 is 4.52 Å². The molecule has 0 saturated carbocycles. The maximum absolute atomic E-state index is 5.77. The highest BCUT2D eigenvalue weighted by atomic mass is 16.5. The molecule has 0 unspecified atom stereocenters. The first-order chi connectivity index (χ1) is 8.15. The van der Waals surface area contributed by atoms with Crippen molar-refractivity contribution in [1.82, 2.24) is 14.7 Å². The van der Waals surface area contributed by atoms with Crippen molar-refractivity contribution in [3.63, 3.8) is 0 Å². The largest absolute Gasteiger partial charge is 0.399 e. The molecule has 0 atom stereocenters. The Morgan fingerprint density at radius 3 is 2.82 bits per heavy atom. The molecule has 0 aliphatic carbocycles. The number of nitrogens with two attached hydrogens (primary N) is 1. The Labute approximate surface area is 97.8 Å². The van der Waals surface area contributed by atoms with Gasteiger partial charge in [-0.25, -0.2) is 4.98 Å². The predicted octanol–water partition coefficient (Wildman–Crippen LogP) is 2.12. The fraction of sp³-hybridized carbons (Fsp3) is 0.167. The van der Waals surface area contributed by atoms with Gasteiger partial charge in [-0.05, 0) is 25.1 Å². The quantitative estimate of drug-likeness (QED) is 0.647. The molecule has 0 saturated heterocycles. The maximum atomic E-state index is 5.77. The normalized spacial score (nSPS) is 11.2. The second-order valence-corrected chi connectivity index (χ2v) is 4.08. The van der Waals surface area contributed by atoms with Crippen LogP contribution >= 0.6 is 0 Å². The highest BCUT2D eigenvalue weighted by molar-refractivity contribution is 5.82. The minimum absolute atomic E-state index is 0.666. The Morgan fingerprint density at radius 2 is 2.12 bits per heavy atom. The average Bonchev–Trinajstić information content (AvgIpc) is 2.84. The van der Waals surface area contributed by atoms with Crippen LogP contribution in [0.4, 0.5) is 5.69 Å². The molecule has 2 heterocycles. The summed E-state index contributed by atoms with van der Waals surface area (Å²) >= 11 is 0. The van der Waals surface area contributed by atoms with E-state index in [-0.39, 0.29) is 0 Å². The fourth-order valence-electron chi connectivity index (χ4n) is 1.90. The summed E-state index contributed by atoms with van der Waals surface area (Å²) in [5.41, 5.74) is 9.21. The summed E-state index contributed by atoms with van der Waals surface area (Å²) in [5, 5.41) is 3.87. The van der Waals surface area contributed by atoms with Crippen molar-refractivity contribution in [2.45, 2.75) is 6.92 Å². The highest BCUT2D eigenvalue weighted by Crippen LogP contribution is 2.25. The van der Waals surface area contributed by atoms with E-state index in [1.165, 1.54) is 0 Å². The lowest BCUT2D eigenvalue weighted by molar-refractivity contribution is 0.423. The van der Waals surface area contributed by atoms with Gasteiger partial charge in [0.15, 0.2) is 5.82 Å². The van der Waals surface area contributed by atoms with Crippen LogP contribution in [0.2, 0.25) is 0 Å². The minimum atomic E-state index is 0.666. The van der Waals surface area contributed by atoms with Gasteiger partial charge in [0, 0.05) is 18.8 Å². The topological polar surface area (TPSA) is 69.9 Å². The molecule has 3 aromatic rings. The van der Waals surface area contributed by atoms with Crippen molar-refractivity contribution in [3.8, 4) is 11.6 Å². The maximum Gasteiger partial charge on any atom is 0.202 e. The van der Waals surface area contributed by atoms with Crippen molar-refractivity contribution >= 4 is 16.7 Å². The summed E-state index contributed by atoms with van der Waals surface area (Å²) < 4.78 is 7.18. The van der Waals surface area contributed by atoms with Crippen LogP contribution < -0.4 is 5.73 Å². The van der Waals surface area contributed by atoms with Crippen LogP contribution in [0.15, 0.2) is 28.8 Å². The summed E-state index contributed by atoms with van der Waals surface area (Å²) in [7, 11) is 1.93. The molecule has 0 amide bonds. The monoisotopic (exact) mass is 228 g/mol. The van der Waals surface area contributed by atoms with Gasteiger partial charge in [-0.2, -0.15) is 0 Å². The number of aryl methyl sites for hydroxylation is 2. The molecule has 0 bridgehead atoms. The number of rotatable bonds is 1. The third-order valence-electron chi connectivity index (χ3n) is 2.75. The number of fused-ring (bicyclic) bond motifs is 1. The number of benzene rings is 1. The van der Waals surface area contributed by atoms with Gasteiger partial charge in [-0.3, -0.25) is 0 Å². The summed E-state index contributed by atoms with van der Waals surface area (Å²) in [6.07, 6.45) is 0. The van der Waals surface area contributed by atoms with E-state index in [1.54, 1.807) is 0 Å². The molecule has 3 rings (SSSR count). The van der Waals surface area contributed by atoms with E-state index in [0.29, 0.717) is 5.76 Å². The molecular formula is C12H12N4O. The Kier molecular flexibility index (Phi) is 1.95. The van der Waals surface area contributed by atoms with Crippen LogP contribution in [0.5, 0.6) is 0 Å². The van der Waals surface area contributed by atoms with Crippen LogP contribution in [0.25, 0.3) is 22.6 Å². The third-order valence-corrected chi connectivity index (χ3v) is 2.75. The summed E-state index contributed by atoms with van der Waals surface area (Å²) in [4.78, 5) is 4.51. The number of imidazole rings is 1. The first-order valence-corrected chi connectivity index (χ1v) is 5.31. The fourth-order valence-corrected chi connectivity index (χ4v) is 1.90. The van der Waals surface area contributed by atoms with Gasteiger partial charge in [0.2, 0.25) is 5.76 Å². The summed E-state index contributed by atoms with van der Waals surface area (Å²) in [5.74, 6) is 1.42. The molecule has 0 aliphatic rings. The lowest BCUT2D eigenvalue weighted by Crippen LogP contribution is -1.92. The first kappa shape index (κ1) is 9.89. The van der Waals surface area contributed by atoms with Crippen LogP contribution in [-0.4, -0.2) is 14.7 Å². The summed E-state index contributed by atoms with van der Waals surface area (Å²) in [6, 6.07) is 7.50. The van der Waals surface area contributed by atoms with Crippen molar-refractivity contribution in [2.24, 2.45) is 7.05 Å². The number of nitrogens with zero attached hydrogens (tertiary/aromatic N) is 3. The summed E-state index contributed by atoms with van der Waals surface area (Å²) in [6.45, 7) is 1.88. The molecular weight excluding hydrogens is 216 g/mol. The molecule has 5 nitrogen and oxygen atoms in total. The average molecular weight is 228 g/mol. The molecule has 0 radical (unpaired) electrons. The van der Waals surface area contributed by atoms with Crippen LogP contribution in [-0.2, 0) is 7.05 Å². The van der Waals surface area contributed by atoms with Gasteiger partial charge in [-0.1, -0.05) is 5.16 Å². The predicted molar refractivity (Wildman–Crippen MR) is 65.4 cm³/mol. The zero-order valence-corrected chi connectivity index (χ0v) is 9.64. The molecule has 2 N–H and O–H groups in total. The van der Waals surface area contributed by atoms with E-state index in [4.69, 9.17) is 10.3 Å². The molecule has 2 aromatic heterocycles. The van der Waals surface area contributed by atoms with Gasteiger partial charge in [0.05, 0.1) is 16.7 Å². The third kappa shape index (κ3) is 1.47. The molecule has 1 aromatic carbocycles. The van der Waals surface area contributed by atoms with Crippen LogP contribution in [0, 0.1) is 6.92 Å². The zero-order valence-electron chi connectivity index (χ0n) is 9.64. The Morgan fingerprint density at radius 1 is 1.29 bits per heavy atom. The Balaban J connectivity index is 2.27. The number of hydrogen-bond acceptors (Lipinski definition) is 4. The number of anilines is 1. The van der Waals surface area contributed by atoms with E-state index in [9.17, 15) is 0 Å². The van der Waals surface area contributed by atoms with Crippen LogP contribution in [0.3, 0.4) is 0 Å². The standard InChI is InChI=1S/C12H12N4O/c1-7-5-11(17-15-7)12-14-9-4-3-8(13)6-10(9)16(12)2/h3-6H,13H2,1-2H3. The van der Waals surface area contributed by atoms with Gasteiger partial charge >= 0.3 is 0 Å². The van der Waals surface area contributed by atoms with Gasteiger partial charge in [0.25, 0.3) is 0 Å². The van der Waals surface area contributed by atoms with Crippen LogP contribution in [0.1, 0.15) is 5.69 Å². The highest BCUT2D eigenvalue weighted by Gasteiger charge is 2.13. The number of hydrogen-bond donors (Lipinski definition) is 1.